The molecule has 232 valence electrons. The maximum atomic E-state index is 2.72. The van der Waals surface area contributed by atoms with Crippen LogP contribution in [0.2, 0.25) is 7.25 Å². The monoisotopic (exact) mass is 726 g/mol. The van der Waals surface area contributed by atoms with Crippen LogP contribution in [0.4, 0.5) is 0 Å². The Balaban J connectivity index is 0.00000200. The van der Waals surface area contributed by atoms with Crippen molar-refractivity contribution in [1.82, 2.24) is 0 Å². The van der Waals surface area contributed by atoms with Crippen LogP contribution in [0.25, 0.3) is 0 Å². The molecule has 0 aromatic heterocycles. The Morgan fingerprint density at radius 2 is 1.00 bits per heavy atom. The van der Waals surface area contributed by atoms with Gasteiger partial charge in [0.05, 0.1) is 0 Å². The molecule has 0 N–H and O–H groups in total. The van der Waals surface area contributed by atoms with Crippen molar-refractivity contribution in [1.29, 1.82) is 0 Å². The van der Waals surface area contributed by atoms with Gasteiger partial charge in [-0.25, -0.2) is 0 Å². The first-order valence-corrected chi connectivity index (χ1v) is 25.3. The Kier molecular flexibility index (Phi) is 12.3. The third-order valence-corrected chi connectivity index (χ3v) is 28.0. The predicted octanol–water partition coefficient (Wildman–Crippen LogP) is 4.97. The van der Waals surface area contributed by atoms with Gasteiger partial charge in [-0.3, -0.25) is 0 Å². The van der Waals surface area contributed by atoms with E-state index < -0.39 is 20.4 Å². The standard InChI is InChI=1S/2C17H19.C7H8Si.2ClH.Zr/c2*1-13-11-15-9-5-6-10-16(17(15)12-13)14-7-3-2-4-8-14;8-6-7-4-2-1-3-5-7;;;/h2*2-4,7-8,11-12,16H,5-6,9-10H2,1H3;1-5,8H,6H2;2*1H;/q;;;;;+2/p-2. The quantitative estimate of drug-likeness (QED) is 0.315. The Morgan fingerprint density at radius 1 is 0.578 bits per heavy atom. The summed E-state index contributed by atoms with van der Waals surface area (Å²) < 4.78 is 1.58. The normalized spacial score (nSPS) is 24.0. The van der Waals surface area contributed by atoms with Crippen LogP contribution in [0.15, 0.2) is 137 Å². The Labute approximate surface area is 292 Å². The van der Waals surface area contributed by atoms with E-state index in [0.29, 0.717) is 18.0 Å². The van der Waals surface area contributed by atoms with Crippen molar-refractivity contribution >= 4 is 6.16 Å². The van der Waals surface area contributed by atoms with Crippen molar-refractivity contribution in [3.63, 3.8) is 0 Å². The average molecular weight is 729 g/mol. The molecule has 0 saturated heterocycles. The largest absolute Gasteiger partial charge is 1.00 e. The second-order valence-corrected chi connectivity index (χ2v) is 26.5. The van der Waals surface area contributed by atoms with Crippen LogP contribution in [-0.2, 0) is 26.4 Å². The molecule has 0 fully saturated rings. The molecule has 0 radical (unpaired) electrons. The summed E-state index contributed by atoms with van der Waals surface area (Å²) in [6, 6.07) is 35.8. The first kappa shape index (κ1) is 34.6. The summed E-state index contributed by atoms with van der Waals surface area (Å²) in [5, 5.41) is 0. The van der Waals surface area contributed by atoms with E-state index in [0.717, 1.165) is 7.25 Å². The molecule has 0 bridgehead atoms. The van der Waals surface area contributed by atoms with Gasteiger partial charge in [0.2, 0.25) is 0 Å². The molecular formula is C41H46Cl2SiZr. The molecule has 0 heterocycles. The van der Waals surface area contributed by atoms with Crippen molar-refractivity contribution in [3.8, 4) is 0 Å². The molecular weight excluding hydrogens is 683 g/mol. The van der Waals surface area contributed by atoms with Crippen LogP contribution in [0, 0.1) is 0 Å². The van der Waals surface area contributed by atoms with Gasteiger partial charge in [0, 0.05) is 0 Å². The van der Waals surface area contributed by atoms with Crippen molar-refractivity contribution in [3.05, 3.63) is 153 Å². The first-order valence-electron chi connectivity index (χ1n) is 16.8. The van der Waals surface area contributed by atoms with E-state index in [-0.39, 0.29) is 24.8 Å². The number of halogens is 2. The second kappa shape index (κ2) is 15.9. The van der Waals surface area contributed by atoms with Gasteiger partial charge in [0.15, 0.2) is 0 Å². The molecule has 7 rings (SSSR count). The molecule has 3 aromatic rings. The minimum absolute atomic E-state index is 0. The molecule has 4 aliphatic rings. The molecule has 4 heteroatoms. The second-order valence-electron chi connectivity index (χ2n) is 13.4. The smallest absolute Gasteiger partial charge is 1.00 e. The maximum absolute atomic E-state index is 2.72. The Hall–Kier alpha value is -1.70. The summed E-state index contributed by atoms with van der Waals surface area (Å²) in [7, 11) is 0. The van der Waals surface area contributed by atoms with Crippen molar-refractivity contribution in [2.75, 3.05) is 0 Å². The van der Waals surface area contributed by atoms with Crippen LogP contribution >= 0.6 is 0 Å². The molecule has 45 heavy (non-hydrogen) atoms. The summed E-state index contributed by atoms with van der Waals surface area (Å²) in [6.07, 6.45) is 16.6. The topological polar surface area (TPSA) is 0 Å². The van der Waals surface area contributed by atoms with E-state index in [1.807, 2.05) is 11.1 Å². The van der Waals surface area contributed by atoms with E-state index in [1.165, 1.54) is 57.4 Å². The van der Waals surface area contributed by atoms with Gasteiger partial charge < -0.3 is 24.8 Å². The Bertz CT molecular complexity index is 1520. The summed E-state index contributed by atoms with van der Waals surface area (Å²) in [5.74, 6) is 1.17. The van der Waals surface area contributed by atoms with Crippen molar-refractivity contribution in [2.45, 2.75) is 90.3 Å². The predicted molar refractivity (Wildman–Crippen MR) is 182 cm³/mol. The number of benzene rings is 3. The zero-order chi connectivity index (χ0) is 29.2. The summed E-state index contributed by atoms with van der Waals surface area (Å²) in [6.45, 7) is 5.07. The molecule has 0 amide bonds. The maximum Gasteiger partial charge on any atom is -1.00 e. The van der Waals surface area contributed by atoms with E-state index in [4.69, 9.17) is 0 Å². The van der Waals surface area contributed by atoms with E-state index in [1.54, 1.807) is 39.0 Å². The third-order valence-electron chi connectivity index (χ3n) is 10.7. The molecule has 4 atom stereocenters. The van der Waals surface area contributed by atoms with Gasteiger partial charge in [0.25, 0.3) is 0 Å². The SMILES string of the molecule is CC1=CC2=C(CCCCC2c2ccccc2)[CH]1[Zr+2](=[SiH]Cc1ccccc1)[CH]1C(C)=CC2=C1CCCCC2c1ccccc1.[Cl-].[Cl-]. The fourth-order valence-electron chi connectivity index (χ4n) is 8.83. The van der Waals surface area contributed by atoms with E-state index in [2.05, 4.69) is 117 Å². The average Bonchev–Trinajstić information content (AvgIpc) is 3.34. The third kappa shape index (κ3) is 7.26. The molecule has 4 unspecified atom stereocenters. The molecule has 0 spiro atoms. The van der Waals surface area contributed by atoms with Gasteiger partial charge in [-0.15, -0.1) is 0 Å². The zero-order valence-corrected chi connectivity index (χ0v) is 31.9. The first-order chi connectivity index (χ1) is 21.2. The molecule has 3 aromatic carbocycles. The fourth-order valence-corrected chi connectivity index (χ4v) is 29.8. The van der Waals surface area contributed by atoms with Gasteiger partial charge >= 0.3 is 270 Å². The fraction of sp³-hybridized carbons (Fsp3) is 0.366. The Morgan fingerprint density at radius 3 is 1.44 bits per heavy atom. The van der Waals surface area contributed by atoms with Crippen LogP contribution in [0.1, 0.15) is 93.7 Å². The molecule has 4 aliphatic carbocycles. The van der Waals surface area contributed by atoms with Crippen LogP contribution in [0.3, 0.4) is 0 Å². The number of rotatable bonds is 6. The zero-order valence-electron chi connectivity index (χ0n) is 26.8. The number of hydrogen-bond donors (Lipinski definition) is 0. The van der Waals surface area contributed by atoms with Crippen LogP contribution in [-0.4, -0.2) is 6.16 Å². The summed E-state index contributed by atoms with van der Waals surface area (Å²) in [5.41, 5.74) is 15.4. The van der Waals surface area contributed by atoms with Crippen LogP contribution < -0.4 is 24.8 Å². The number of hydrogen-bond acceptors (Lipinski definition) is 0. The van der Waals surface area contributed by atoms with E-state index >= 15 is 0 Å². The van der Waals surface area contributed by atoms with Gasteiger partial charge in [-0.05, 0) is 0 Å². The minimum Gasteiger partial charge on any atom is -1.00 e. The van der Waals surface area contributed by atoms with Gasteiger partial charge in [-0.1, -0.05) is 0 Å². The van der Waals surface area contributed by atoms with E-state index in [9.17, 15) is 0 Å². The molecule has 0 nitrogen and oxygen atoms in total. The summed E-state index contributed by atoms with van der Waals surface area (Å²) in [4.78, 5) is 0. The molecule has 0 saturated carbocycles. The van der Waals surface area contributed by atoms with Crippen LogP contribution in [0.5, 0.6) is 0 Å². The van der Waals surface area contributed by atoms with Crippen molar-refractivity contribution in [2.24, 2.45) is 0 Å². The number of allylic oxidation sites excluding steroid dienone is 8. The van der Waals surface area contributed by atoms with Crippen molar-refractivity contribution < 1.29 is 45.2 Å². The minimum atomic E-state index is -2.08. The molecule has 0 aliphatic heterocycles. The summed E-state index contributed by atoms with van der Waals surface area (Å²) >= 11 is -2.08. The van der Waals surface area contributed by atoms with Gasteiger partial charge in [0.1, 0.15) is 0 Å². The van der Waals surface area contributed by atoms with Gasteiger partial charge in [-0.2, -0.15) is 0 Å².